The minimum Gasteiger partial charge on any atom is -0.481 e. The van der Waals surface area contributed by atoms with Crippen LogP contribution in [0.25, 0.3) is 0 Å². The van der Waals surface area contributed by atoms with Crippen molar-refractivity contribution in [3.63, 3.8) is 0 Å². The molecule has 1 heterocycles. The van der Waals surface area contributed by atoms with Crippen LogP contribution in [0.1, 0.15) is 31.3 Å². The summed E-state index contributed by atoms with van der Waals surface area (Å²) in [6, 6.07) is 8.28. The van der Waals surface area contributed by atoms with Gasteiger partial charge in [0.05, 0.1) is 5.02 Å². The average molecular weight is 444 g/mol. The van der Waals surface area contributed by atoms with Crippen molar-refractivity contribution in [2.75, 3.05) is 0 Å². The van der Waals surface area contributed by atoms with Gasteiger partial charge in [-0.2, -0.15) is 0 Å². The lowest BCUT2D eigenvalue weighted by atomic mass is 10.2. The molecule has 9 heteroatoms. The highest BCUT2D eigenvalue weighted by atomic mass is 35.5. The topological polar surface area (TPSA) is 39.9 Å². The van der Waals surface area contributed by atoms with Gasteiger partial charge in [0.2, 0.25) is 0 Å². The molecule has 1 aromatic heterocycles. The van der Waals surface area contributed by atoms with E-state index in [9.17, 15) is 8.78 Å². The van der Waals surface area contributed by atoms with Gasteiger partial charge >= 0.3 is 0 Å². The first kappa shape index (κ1) is 20.9. The van der Waals surface area contributed by atoms with Crippen molar-refractivity contribution >= 4 is 35.0 Å². The predicted octanol–water partition coefficient (Wildman–Crippen LogP) is 6.32. The van der Waals surface area contributed by atoms with Gasteiger partial charge in [0.1, 0.15) is 17.4 Å². The smallest absolute Gasteiger partial charge is 0.191 e. The van der Waals surface area contributed by atoms with Gasteiger partial charge in [0.15, 0.2) is 17.1 Å². The first-order chi connectivity index (χ1) is 13.4. The van der Waals surface area contributed by atoms with Gasteiger partial charge in [-0.25, -0.2) is 8.78 Å². The molecule has 0 aliphatic carbocycles. The summed E-state index contributed by atoms with van der Waals surface area (Å²) in [4.78, 5) is 0. The van der Waals surface area contributed by atoms with Crippen LogP contribution in [0.2, 0.25) is 10.0 Å². The van der Waals surface area contributed by atoms with Crippen molar-refractivity contribution in [3.8, 4) is 5.75 Å². The minimum absolute atomic E-state index is 0.190. The second-order valence-electron chi connectivity index (χ2n) is 5.94. The molecule has 0 fully saturated rings. The fraction of sp³-hybridized carbons (Fsp3) is 0.263. The van der Waals surface area contributed by atoms with Crippen LogP contribution in [0.4, 0.5) is 8.78 Å². The van der Waals surface area contributed by atoms with Gasteiger partial charge in [-0.3, -0.25) is 0 Å². The Bertz CT molecular complexity index is 984. The number of rotatable bonds is 7. The van der Waals surface area contributed by atoms with Crippen LogP contribution in [0.3, 0.4) is 0 Å². The zero-order chi connectivity index (χ0) is 20.3. The molecule has 148 valence electrons. The number of hydrogen-bond acceptors (Lipinski definition) is 4. The van der Waals surface area contributed by atoms with E-state index in [-0.39, 0.29) is 10.8 Å². The fourth-order valence-electron chi connectivity index (χ4n) is 2.60. The molecule has 4 nitrogen and oxygen atoms in total. The third kappa shape index (κ3) is 4.77. The lowest BCUT2D eigenvalue weighted by Gasteiger charge is -2.16. The molecule has 0 unspecified atom stereocenters. The van der Waals surface area contributed by atoms with E-state index in [1.54, 1.807) is 6.07 Å². The maximum absolute atomic E-state index is 13.2. The van der Waals surface area contributed by atoms with Crippen LogP contribution >= 0.6 is 35.0 Å². The standard InChI is InChI=1S/C19H17Cl2F2N3OS/c1-3-26-18(11(2)27-17-7-6-14(23)9-16(17)21)24-25-19(26)28-10-12-4-5-13(22)8-15(12)20/h4-9,11H,3,10H2,1-2H3/t11-/m1/s1. The van der Waals surface area contributed by atoms with E-state index < -0.39 is 11.9 Å². The zero-order valence-electron chi connectivity index (χ0n) is 15.1. The van der Waals surface area contributed by atoms with E-state index >= 15 is 0 Å². The molecule has 0 aliphatic heterocycles. The predicted molar refractivity (Wildman–Crippen MR) is 107 cm³/mol. The number of hydrogen-bond donors (Lipinski definition) is 0. The van der Waals surface area contributed by atoms with Gasteiger partial charge in [0, 0.05) is 17.3 Å². The molecule has 0 spiro atoms. The second-order valence-corrected chi connectivity index (χ2v) is 7.70. The van der Waals surface area contributed by atoms with Crippen LogP contribution in [0.15, 0.2) is 41.6 Å². The third-order valence-corrected chi connectivity index (χ3v) is 5.66. The van der Waals surface area contributed by atoms with Crippen LogP contribution in [0.5, 0.6) is 5.75 Å². The van der Waals surface area contributed by atoms with E-state index in [4.69, 9.17) is 27.9 Å². The summed E-state index contributed by atoms with van der Waals surface area (Å²) in [6.07, 6.45) is -0.445. The summed E-state index contributed by atoms with van der Waals surface area (Å²) in [6.45, 7) is 4.42. The molecule has 1 atom stereocenters. The van der Waals surface area contributed by atoms with E-state index in [1.165, 1.54) is 42.1 Å². The van der Waals surface area contributed by atoms with Gasteiger partial charge in [-0.05, 0) is 49.7 Å². The summed E-state index contributed by atoms with van der Waals surface area (Å²) in [5.74, 6) is 0.711. The Morgan fingerprint density at radius 3 is 2.39 bits per heavy atom. The number of benzene rings is 2. The largest absolute Gasteiger partial charge is 0.481 e. The first-order valence-electron chi connectivity index (χ1n) is 8.50. The average Bonchev–Trinajstić information content (AvgIpc) is 3.06. The van der Waals surface area contributed by atoms with Gasteiger partial charge < -0.3 is 9.30 Å². The van der Waals surface area contributed by atoms with Crippen molar-refractivity contribution in [1.82, 2.24) is 14.8 Å². The molecule has 3 rings (SSSR count). The lowest BCUT2D eigenvalue weighted by molar-refractivity contribution is 0.210. The molecule has 0 saturated heterocycles. The molecule has 0 amide bonds. The summed E-state index contributed by atoms with van der Waals surface area (Å²) in [5, 5.41) is 9.73. The van der Waals surface area contributed by atoms with Crippen LogP contribution in [-0.4, -0.2) is 14.8 Å². The van der Waals surface area contributed by atoms with Crippen LogP contribution in [-0.2, 0) is 12.3 Å². The molecule has 28 heavy (non-hydrogen) atoms. The Kier molecular flexibility index (Phi) is 6.80. The van der Waals surface area contributed by atoms with Crippen molar-refractivity contribution in [2.45, 2.75) is 37.4 Å². The first-order valence-corrected chi connectivity index (χ1v) is 10.2. The van der Waals surface area contributed by atoms with Crippen molar-refractivity contribution in [1.29, 1.82) is 0 Å². The third-order valence-electron chi connectivity index (χ3n) is 3.99. The molecule has 0 aliphatic rings. The fourth-order valence-corrected chi connectivity index (χ4v) is 4.14. The summed E-state index contributed by atoms with van der Waals surface area (Å²) in [5.41, 5.74) is 0.808. The monoisotopic (exact) mass is 443 g/mol. The Balaban J connectivity index is 1.75. The van der Waals surface area contributed by atoms with Crippen molar-refractivity contribution in [2.24, 2.45) is 0 Å². The zero-order valence-corrected chi connectivity index (χ0v) is 17.5. The highest BCUT2D eigenvalue weighted by Gasteiger charge is 2.20. The Morgan fingerprint density at radius 1 is 1.07 bits per heavy atom. The van der Waals surface area contributed by atoms with E-state index in [0.717, 1.165) is 5.56 Å². The number of nitrogens with zero attached hydrogens (tertiary/aromatic N) is 3. The summed E-state index contributed by atoms with van der Waals surface area (Å²) in [7, 11) is 0. The maximum atomic E-state index is 13.2. The van der Waals surface area contributed by atoms with E-state index in [0.29, 0.717) is 34.1 Å². The molecule has 0 N–H and O–H groups in total. The highest BCUT2D eigenvalue weighted by molar-refractivity contribution is 7.98. The van der Waals surface area contributed by atoms with E-state index in [1.807, 2.05) is 18.4 Å². The minimum atomic E-state index is -0.445. The Morgan fingerprint density at radius 2 is 1.75 bits per heavy atom. The van der Waals surface area contributed by atoms with Crippen molar-refractivity contribution < 1.29 is 13.5 Å². The molecule has 2 aromatic carbocycles. The Labute approximate surface area is 175 Å². The van der Waals surface area contributed by atoms with Crippen LogP contribution < -0.4 is 4.74 Å². The van der Waals surface area contributed by atoms with E-state index in [2.05, 4.69) is 10.2 Å². The summed E-state index contributed by atoms with van der Waals surface area (Å²) < 4.78 is 34.2. The number of aromatic nitrogens is 3. The van der Waals surface area contributed by atoms with Gasteiger partial charge in [0.25, 0.3) is 0 Å². The molecule has 0 bridgehead atoms. The SMILES string of the molecule is CCn1c(SCc2ccc(F)cc2Cl)nnc1[C@@H](C)Oc1ccc(F)cc1Cl. The number of halogens is 4. The van der Waals surface area contributed by atoms with Gasteiger partial charge in [-0.1, -0.05) is 41.0 Å². The normalized spacial score (nSPS) is 12.2. The molecule has 3 aromatic rings. The van der Waals surface area contributed by atoms with Gasteiger partial charge in [-0.15, -0.1) is 10.2 Å². The quantitative estimate of drug-likeness (QED) is 0.400. The number of thioether (sulfide) groups is 1. The molecule has 0 radical (unpaired) electrons. The molecular formula is C19H17Cl2F2N3OS. The lowest BCUT2D eigenvalue weighted by Crippen LogP contribution is -2.12. The Hall–Kier alpha value is -1.83. The molecule has 0 saturated carbocycles. The maximum Gasteiger partial charge on any atom is 0.191 e. The molecular weight excluding hydrogens is 427 g/mol. The number of ether oxygens (including phenoxy) is 1. The highest BCUT2D eigenvalue weighted by Crippen LogP contribution is 2.31. The summed E-state index contributed by atoms with van der Waals surface area (Å²) >= 11 is 13.6. The second kappa shape index (κ2) is 9.11. The van der Waals surface area contributed by atoms with Crippen molar-refractivity contribution in [3.05, 3.63) is 69.5 Å². The van der Waals surface area contributed by atoms with Crippen LogP contribution in [0, 0.1) is 11.6 Å².